The molecule has 0 unspecified atom stereocenters. The van der Waals surface area contributed by atoms with Crippen LogP contribution in [0.15, 0.2) is 23.1 Å². The van der Waals surface area contributed by atoms with Crippen LogP contribution in [0.2, 0.25) is 0 Å². The summed E-state index contributed by atoms with van der Waals surface area (Å²) in [4.78, 5) is 12.4. The first kappa shape index (κ1) is 20.9. The zero-order valence-corrected chi connectivity index (χ0v) is 16.1. The van der Waals surface area contributed by atoms with Gasteiger partial charge in [0.25, 0.3) is 0 Å². The van der Waals surface area contributed by atoms with Crippen LogP contribution in [0.3, 0.4) is 0 Å². The second kappa shape index (κ2) is 7.39. The second-order valence-corrected chi connectivity index (χ2v) is 8.89. The first-order valence-corrected chi connectivity index (χ1v) is 9.18. The Morgan fingerprint density at radius 2 is 1.88 bits per heavy atom. The van der Waals surface area contributed by atoms with Crippen LogP contribution in [-0.4, -0.2) is 26.4 Å². The highest BCUT2D eigenvalue weighted by molar-refractivity contribution is 7.89. The molecular formula is C16H26ClN3O3S. The van der Waals surface area contributed by atoms with Crippen molar-refractivity contribution in [3.05, 3.63) is 23.8 Å². The molecule has 136 valence electrons. The number of aryl methyl sites for hydroxylation is 1. The van der Waals surface area contributed by atoms with E-state index in [9.17, 15) is 13.2 Å². The third-order valence-corrected chi connectivity index (χ3v) is 5.52. The molecule has 0 radical (unpaired) electrons. The standard InChI is InChI=1S/C16H25N3O3S.ClH/c1-10-5-6-12(18-15(20)14(17)16(2,3)4)9-13(10)23(21,22)19-11-7-8-11;/h5-6,9,11,14,19H,7-8,17H2,1-4H3,(H,18,20);1H/t14-;/m1./s1. The third kappa shape index (κ3) is 5.17. The van der Waals surface area contributed by atoms with Crippen molar-refractivity contribution in [3.8, 4) is 0 Å². The fourth-order valence-electron chi connectivity index (χ4n) is 2.06. The van der Waals surface area contributed by atoms with E-state index in [1.54, 1.807) is 19.1 Å². The van der Waals surface area contributed by atoms with Gasteiger partial charge in [-0.3, -0.25) is 4.79 Å². The van der Waals surface area contributed by atoms with Crippen molar-refractivity contribution in [2.75, 3.05) is 5.32 Å². The Morgan fingerprint density at radius 1 is 1.29 bits per heavy atom. The van der Waals surface area contributed by atoms with Gasteiger partial charge < -0.3 is 11.1 Å². The Hall–Kier alpha value is -1.15. The summed E-state index contributed by atoms with van der Waals surface area (Å²) in [5.74, 6) is -0.333. The quantitative estimate of drug-likeness (QED) is 0.733. The lowest BCUT2D eigenvalue weighted by Crippen LogP contribution is -2.45. The van der Waals surface area contributed by atoms with Crippen LogP contribution < -0.4 is 15.8 Å². The first-order chi connectivity index (χ1) is 10.5. The van der Waals surface area contributed by atoms with Gasteiger partial charge in [-0.05, 0) is 42.9 Å². The van der Waals surface area contributed by atoms with Crippen molar-refractivity contribution in [3.63, 3.8) is 0 Å². The van der Waals surface area contributed by atoms with Crippen LogP contribution in [0.5, 0.6) is 0 Å². The number of nitrogens with one attached hydrogen (secondary N) is 2. The highest BCUT2D eigenvalue weighted by atomic mass is 35.5. The van der Waals surface area contributed by atoms with Crippen LogP contribution in [-0.2, 0) is 14.8 Å². The van der Waals surface area contributed by atoms with Crippen molar-refractivity contribution in [1.29, 1.82) is 0 Å². The number of halogens is 1. The highest BCUT2D eigenvalue weighted by Crippen LogP contribution is 2.26. The number of rotatable bonds is 5. The van der Waals surface area contributed by atoms with Crippen molar-refractivity contribution in [2.24, 2.45) is 11.1 Å². The average Bonchev–Trinajstić information content (AvgIpc) is 3.22. The molecule has 1 aromatic carbocycles. The second-order valence-electron chi connectivity index (χ2n) is 7.21. The Labute approximate surface area is 150 Å². The number of nitrogens with two attached hydrogens (primary N) is 1. The summed E-state index contributed by atoms with van der Waals surface area (Å²) >= 11 is 0. The lowest BCUT2D eigenvalue weighted by atomic mass is 9.87. The molecule has 0 aromatic heterocycles. The van der Waals surface area contributed by atoms with E-state index in [0.29, 0.717) is 11.3 Å². The van der Waals surface area contributed by atoms with E-state index in [0.717, 1.165) is 12.8 Å². The van der Waals surface area contributed by atoms with Gasteiger partial charge in [0, 0.05) is 11.7 Å². The number of hydrogen-bond donors (Lipinski definition) is 3. The van der Waals surface area contributed by atoms with Gasteiger partial charge in [0.2, 0.25) is 15.9 Å². The number of anilines is 1. The van der Waals surface area contributed by atoms with Crippen LogP contribution in [0, 0.1) is 12.3 Å². The molecule has 6 nitrogen and oxygen atoms in total. The molecule has 1 aliphatic carbocycles. The molecular weight excluding hydrogens is 350 g/mol. The smallest absolute Gasteiger partial charge is 0.241 e. The van der Waals surface area contributed by atoms with Crippen molar-refractivity contribution in [1.82, 2.24) is 4.72 Å². The number of sulfonamides is 1. The topological polar surface area (TPSA) is 101 Å². The van der Waals surface area contributed by atoms with Gasteiger partial charge in [-0.15, -0.1) is 12.4 Å². The molecule has 0 heterocycles. The van der Waals surface area contributed by atoms with Gasteiger partial charge in [0.15, 0.2) is 0 Å². The molecule has 0 saturated heterocycles. The van der Waals surface area contributed by atoms with Crippen molar-refractivity contribution < 1.29 is 13.2 Å². The maximum atomic E-state index is 12.4. The zero-order valence-electron chi connectivity index (χ0n) is 14.4. The van der Waals surface area contributed by atoms with Gasteiger partial charge in [0.05, 0.1) is 10.9 Å². The van der Waals surface area contributed by atoms with Crippen LogP contribution in [0.1, 0.15) is 39.2 Å². The summed E-state index contributed by atoms with van der Waals surface area (Å²) in [6.45, 7) is 7.36. The third-order valence-electron chi connectivity index (χ3n) is 3.86. The lowest BCUT2D eigenvalue weighted by Gasteiger charge is -2.26. The molecule has 0 aliphatic heterocycles. The largest absolute Gasteiger partial charge is 0.325 e. The van der Waals surface area contributed by atoms with Gasteiger partial charge >= 0.3 is 0 Å². The van der Waals surface area contributed by atoms with E-state index in [1.807, 2.05) is 20.8 Å². The van der Waals surface area contributed by atoms with Crippen LogP contribution in [0.25, 0.3) is 0 Å². The minimum atomic E-state index is -3.57. The number of benzene rings is 1. The summed E-state index contributed by atoms with van der Waals surface area (Å²) in [6, 6.07) is 4.19. The van der Waals surface area contributed by atoms with E-state index in [4.69, 9.17) is 5.73 Å². The summed E-state index contributed by atoms with van der Waals surface area (Å²) in [5, 5.41) is 2.70. The molecule has 1 saturated carbocycles. The maximum Gasteiger partial charge on any atom is 0.241 e. The molecule has 8 heteroatoms. The monoisotopic (exact) mass is 375 g/mol. The fraction of sp³-hybridized carbons (Fsp3) is 0.562. The van der Waals surface area contributed by atoms with Crippen LogP contribution in [0.4, 0.5) is 5.69 Å². The summed E-state index contributed by atoms with van der Waals surface area (Å²) in [6.07, 6.45) is 1.74. The highest BCUT2D eigenvalue weighted by Gasteiger charge is 2.30. The minimum absolute atomic E-state index is 0. The van der Waals surface area contributed by atoms with E-state index in [1.165, 1.54) is 6.07 Å². The number of carbonyl (C=O) groups excluding carboxylic acids is 1. The Morgan fingerprint density at radius 3 is 2.38 bits per heavy atom. The molecule has 1 aliphatic rings. The molecule has 1 aromatic rings. The molecule has 1 atom stereocenters. The van der Waals surface area contributed by atoms with E-state index < -0.39 is 16.1 Å². The lowest BCUT2D eigenvalue weighted by molar-refractivity contribution is -0.119. The first-order valence-electron chi connectivity index (χ1n) is 7.70. The Bertz CT molecular complexity index is 710. The molecule has 1 fully saturated rings. The van der Waals surface area contributed by atoms with E-state index in [2.05, 4.69) is 10.0 Å². The summed E-state index contributed by atoms with van der Waals surface area (Å²) in [7, 11) is -3.57. The Kier molecular flexibility index (Phi) is 6.43. The summed E-state index contributed by atoms with van der Waals surface area (Å²) < 4.78 is 27.4. The van der Waals surface area contributed by atoms with Gasteiger partial charge in [0.1, 0.15) is 0 Å². The number of amides is 1. The summed E-state index contributed by atoms with van der Waals surface area (Å²) in [5.41, 5.74) is 6.61. The number of carbonyl (C=O) groups is 1. The van der Waals surface area contributed by atoms with Crippen molar-refractivity contribution >= 4 is 34.0 Å². The van der Waals surface area contributed by atoms with Crippen molar-refractivity contribution in [2.45, 2.75) is 57.5 Å². The molecule has 4 N–H and O–H groups in total. The average molecular weight is 376 g/mol. The maximum absolute atomic E-state index is 12.4. The SMILES string of the molecule is Cc1ccc(NC(=O)[C@@H](N)C(C)(C)C)cc1S(=O)(=O)NC1CC1.Cl. The zero-order chi connectivity index (χ0) is 17.4. The van der Waals surface area contributed by atoms with E-state index in [-0.39, 0.29) is 34.7 Å². The fourth-order valence-corrected chi connectivity index (χ4v) is 3.64. The van der Waals surface area contributed by atoms with Crippen LogP contribution >= 0.6 is 12.4 Å². The molecule has 24 heavy (non-hydrogen) atoms. The predicted octanol–water partition coefficient (Wildman–Crippen LogP) is 2.17. The minimum Gasteiger partial charge on any atom is -0.325 e. The van der Waals surface area contributed by atoms with Gasteiger partial charge in [-0.25, -0.2) is 13.1 Å². The molecule has 0 bridgehead atoms. The predicted molar refractivity (Wildman–Crippen MR) is 97.8 cm³/mol. The van der Waals surface area contributed by atoms with Gasteiger partial charge in [-0.2, -0.15) is 0 Å². The number of hydrogen-bond acceptors (Lipinski definition) is 4. The normalized spacial score (nSPS) is 16.2. The molecule has 1 amide bonds. The molecule has 0 spiro atoms. The molecule has 2 rings (SSSR count). The van der Waals surface area contributed by atoms with Gasteiger partial charge in [-0.1, -0.05) is 26.8 Å². The van der Waals surface area contributed by atoms with E-state index >= 15 is 0 Å². The Balaban J connectivity index is 0.00000288.